The van der Waals surface area contributed by atoms with E-state index in [1.807, 2.05) is 53.4 Å². The highest BCUT2D eigenvalue weighted by molar-refractivity contribution is 6.35. The lowest BCUT2D eigenvalue weighted by Crippen LogP contribution is -2.30. The molecule has 3 rings (SSSR count). The van der Waals surface area contributed by atoms with Gasteiger partial charge in [-0.15, -0.1) is 0 Å². The Bertz CT molecular complexity index is 824. The summed E-state index contributed by atoms with van der Waals surface area (Å²) in [6, 6.07) is 13.5. The summed E-state index contributed by atoms with van der Waals surface area (Å²) in [7, 11) is 3.24. The number of methoxy groups -OCH3 is 2. The van der Waals surface area contributed by atoms with Crippen LogP contribution in [0.1, 0.15) is 25.0 Å². The molecule has 4 heteroatoms. The van der Waals surface area contributed by atoms with Crippen LogP contribution in [0.4, 0.5) is 5.69 Å². The van der Waals surface area contributed by atoms with Crippen molar-refractivity contribution in [3.05, 3.63) is 53.6 Å². The molecule has 0 saturated carbocycles. The Hall–Kier alpha value is -2.75. The second-order valence-corrected chi connectivity index (χ2v) is 6.49. The molecule has 4 nitrogen and oxygen atoms in total. The third-order valence-electron chi connectivity index (χ3n) is 4.25. The van der Waals surface area contributed by atoms with Crippen molar-refractivity contribution in [3.8, 4) is 11.5 Å². The summed E-state index contributed by atoms with van der Waals surface area (Å²) in [6.45, 7) is 4.93. The van der Waals surface area contributed by atoms with E-state index >= 15 is 0 Å². The lowest BCUT2D eigenvalue weighted by atomic mass is 10.0. The van der Waals surface area contributed by atoms with Gasteiger partial charge in [0.15, 0.2) is 0 Å². The molecule has 0 atom stereocenters. The summed E-state index contributed by atoms with van der Waals surface area (Å²) in [5.74, 6) is 1.83. The van der Waals surface area contributed by atoms with E-state index in [0.717, 1.165) is 22.6 Å². The zero-order valence-corrected chi connectivity index (χ0v) is 15.1. The summed E-state index contributed by atoms with van der Waals surface area (Å²) in [5, 5.41) is 0. The molecule has 0 radical (unpaired) electrons. The topological polar surface area (TPSA) is 38.8 Å². The molecule has 0 saturated heterocycles. The number of hydrogen-bond donors (Lipinski definition) is 0. The van der Waals surface area contributed by atoms with Gasteiger partial charge in [0.05, 0.1) is 19.9 Å². The first-order valence-electron chi connectivity index (χ1n) is 8.40. The Morgan fingerprint density at radius 1 is 1.08 bits per heavy atom. The molecular formula is C21H23NO3. The highest BCUT2D eigenvalue weighted by Gasteiger charge is 2.32. The van der Waals surface area contributed by atoms with E-state index in [-0.39, 0.29) is 5.91 Å². The highest BCUT2D eigenvalue weighted by Crippen LogP contribution is 2.39. The lowest BCUT2D eigenvalue weighted by molar-refractivity contribution is -0.113. The van der Waals surface area contributed by atoms with E-state index in [2.05, 4.69) is 13.8 Å². The third-order valence-corrected chi connectivity index (χ3v) is 4.25. The van der Waals surface area contributed by atoms with Crippen LogP contribution in [-0.2, 0) is 4.79 Å². The Balaban J connectivity index is 2.08. The zero-order chi connectivity index (χ0) is 18.0. The molecule has 2 aromatic carbocycles. The molecule has 0 spiro atoms. The molecule has 1 heterocycles. The number of carbonyl (C=O) groups excluding carboxylic acids is 1. The van der Waals surface area contributed by atoms with Gasteiger partial charge in [-0.1, -0.05) is 32.0 Å². The van der Waals surface area contributed by atoms with Gasteiger partial charge >= 0.3 is 0 Å². The van der Waals surface area contributed by atoms with Crippen molar-refractivity contribution in [2.45, 2.75) is 13.8 Å². The van der Waals surface area contributed by atoms with Crippen molar-refractivity contribution in [2.75, 3.05) is 25.7 Å². The van der Waals surface area contributed by atoms with Crippen LogP contribution >= 0.6 is 0 Å². The molecule has 1 aliphatic rings. The molecule has 1 aliphatic heterocycles. The standard InChI is InChI=1S/C21H23NO3/c1-14(2)13-22-19-8-6-5-7-17(19)18(21(22)23)11-15-9-10-16(24-3)12-20(15)25-4/h5-12,14H,13H2,1-4H3/b18-11-. The van der Waals surface area contributed by atoms with Crippen LogP contribution in [0.15, 0.2) is 42.5 Å². The number of para-hydroxylation sites is 1. The van der Waals surface area contributed by atoms with Gasteiger partial charge in [0, 0.05) is 29.3 Å². The van der Waals surface area contributed by atoms with Crippen LogP contribution in [-0.4, -0.2) is 26.7 Å². The number of carbonyl (C=O) groups is 1. The average Bonchev–Trinajstić information content (AvgIpc) is 2.87. The average molecular weight is 337 g/mol. The molecule has 2 aromatic rings. The predicted molar refractivity (Wildman–Crippen MR) is 101 cm³/mol. The summed E-state index contributed by atoms with van der Waals surface area (Å²) >= 11 is 0. The van der Waals surface area contributed by atoms with Gasteiger partial charge in [0.1, 0.15) is 11.5 Å². The number of rotatable bonds is 5. The first-order chi connectivity index (χ1) is 12.0. The molecule has 0 fully saturated rings. The molecule has 130 valence electrons. The maximum absolute atomic E-state index is 13.0. The van der Waals surface area contributed by atoms with Gasteiger partial charge < -0.3 is 14.4 Å². The second-order valence-electron chi connectivity index (χ2n) is 6.49. The SMILES string of the molecule is COc1ccc(/C=C2\C(=O)N(CC(C)C)c3ccccc32)c(OC)c1. The third kappa shape index (κ3) is 3.25. The van der Waals surface area contributed by atoms with E-state index in [1.165, 1.54) is 0 Å². The maximum Gasteiger partial charge on any atom is 0.259 e. The second kappa shape index (κ2) is 7.01. The van der Waals surface area contributed by atoms with Crippen LogP contribution in [0.25, 0.3) is 11.6 Å². The normalized spacial score (nSPS) is 15.0. The lowest BCUT2D eigenvalue weighted by Gasteiger charge is -2.19. The molecule has 0 unspecified atom stereocenters. The number of anilines is 1. The number of benzene rings is 2. The van der Waals surface area contributed by atoms with Crippen LogP contribution in [0, 0.1) is 5.92 Å². The van der Waals surface area contributed by atoms with E-state index in [0.29, 0.717) is 23.8 Å². The Morgan fingerprint density at radius 3 is 2.52 bits per heavy atom. The van der Waals surface area contributed by atoms with Crippen LogP contribution in [0.5, 0.6) is 11.5 Å². The van der Waals surface area contributed by atoms with E-state index in [1.54, 1.807) is 14.2 Å². The van der Waals surface area contributed by atoms with Gasteiger partial charge in [0.25, 0.3) is 5.91 Å². The van der Waals surface area contributed by atoms with Crippen molar-refractivity contribution in [1.29, 1.82) is 0 Å². The van der Waals surface area contributed by atoms with Crippen LogP contribution in [0.2, 0.25) is 0 Å². The Morgan fingerprint density at radius 2 is 1.84 bits per heavy atom. The molecule has 0 aliphatic carbocycles. The minimum Gasteiger partial charge on any atom is -0.497 e. The Kier molecular flexibility index (Phi) is 4.79. The smallest absolute Gasteiger partial charge is 0.259 e. The predicted octanol–water partition coefficient (Wildman–Crippen LogP) is 4.25. The van der Waals surface area contributed by atoms with Crippen molar-refractivity contribution in [3.63, 3.8) is 0 Å². The number of amides is 1. The van der Waals surface area contributed by atoms with Crippen molar-refractivity contribution in [2.24, 2.45) is 5.92 Å². The van der Waals surface area contributed by atoms with E-state index < -0.39 is 0 Å². The Labute approximate surface area is 148 Å². The first kappa shape index (κ1) is 17.1. The zero-order valence-electron chi connectivity index (χ0n) is 15.1. The van der Waals surface area contributed by atoms with E-state index in [9.17, 15) is 4.79 Å². The summed E-state index contributed by atoms with van der Waals surface area (Å²) in [5.41, 5.74) is 3.48. The van der Waals surface area contributed by atoms with Crippen molar-refractivity contribution >= 4 is 23.2 Å². The molecule has 1 amide bonds. The number of nitrogens with zero attached hydrogens (tertiary/aromatic N) is 1. The van der Waals surface area contributed by atoms with E-state index in [4.69, 9.17) is 9.47 Å². The minimum absolute atomic E-state index is 0.0350. The molecule has 0 aromatic heterocycles. The monoisotopic (exact) mass is 337 g/mol. The van der Waals surface area contributed by atoms with Gasteiger partial charge in [-0.3, -0.25) is 4.79 Å². The summed E-state index contributed by atoms with van der Waals surface area (Å²) < 4.78 is 10.7. The largest absolute Gasteiger partial charge is 0.497 e. The van der Waals surface area contributed by atoms with Crippen molar-refractivity contribution < 1.29 is 14.3 Å². The first-order valence-corrected chi connectivity index (χ1v) is 8.40. The number of ether oxygens (including phenoxy) is 2. The fourth-order valence-electron chi connectivity index (χ4n) is 3.09. The van der Waals surface area contributed by atoms with Gasteiger partial charge in [-0.05, 0) is 30.2 Å². The van der Waals surface area contributed by atoms with Gasteiger partial charge in [0.2, 0.25) is 0 Å². The summed E-state index contributed by atoms with van der Waals surface area (Å²) in [4.78, 5) is 14.9. The van der Waals surface area contributed by atoms with Crippen molar-refractivity contribution in [1.82, 2.24) is 0 Å². The quantitative estimate of drug-likeness (QED) is 0.766. The molecule has 0 N–H and O–H groups in total. The number of fused-ring (bicyclic) bond motifs is 1. The summed E-state index contributed by atoms with van der Waals surface area (Å²) in [6.07, 6.45) is 1.90. The number of hydrogen-bond acceptors (Lipinski definition) is 3. The van der Waals surface area contributed by atoms with Crippen LogP contribution < -0.4 is 14.4 Å². The molecular weight excluding hydrogens is 314 g/mol. The highest BCUT2D eigenvalue weighted by atomic mass is 16.5. The molecule has 0 bridgehead atoms. The fraction of sp³-hybridized carbons (Fsp3) is 0.286. The maximum atomic E-state index is 13.0. The fourth-order valence-corrected chi connectivity index (χ4v) is 3.09. The van der Waals surface area contributed by atoms with Gasteiger partial charge in [-0.2, -0.15) is 0 Å². The van der Waals surface area contributed by atoms with Gasteiger partial charge in [-0.25, -0.2) is 0 Å². The van der Waals surface area contributed by atoms with Crippen LogP contribution in [0.3, 0.4) is 0 Å². The minimum atomic E-state index is 0.0350. The molecule has 25 heavy (non-hydrogen) atoms.